The summed E-state index contributed by atoms with van der Waals surface area (Å²) in [5.41, 5.74) is 10.1. The second kappa shape index (κ2) is 9.27. The van der Waals surface area contributed by atoms with Gasteiger partial charge in [-0.1, -0.05) is 33.3 Å². The molecule has 1 saturated heterocycles. The zero-order chi connectivity index (χ0) is 25.6. The molecule has 5 rings (SSSR count). The maximum absolute atomic E-state index is 13.9. The van der Waals surface area contributed by atoms with Crippen molar-refractivity contribution in [2.24, 2.45) is 11.8 Å². The maximum Gasteiger partial charge on any atom is 0.393 e. The summed E-state index contributed by atoms with van der Waals surface area (Å²) in [5.74, 6) is -2.78. The lowest BCUT2D eigenvalue weighted by Crippen LogP contribution is -2.33. The number of anilines is 1. The molecule has 2 aromatic carbocycles. The first kappa shape index (κ1) is 24.4. The number of H-pyrrole nitrogens is 1. The number of halogens is 4. The summed E-state index contributed by atoms with van der Waals surface area (Å²) in [5, 5.41) is 9.02. The van der Waals surface area contributed by atoms with Gasteiger partial charge in [-0.2, -0.15) is 13.2 Å². The predicted octanol–water partition coefficient (Wildman–Crippen LogP) is 4.96. The van der Waals surface area contributed by atoms with Gasteiger partial charge in [-0.15, -0.1) is 5.10 Å². The van der Waals surface area contributed by atoms with E-state index in [-0.39, 0.29) is 32.0 Å². The number of amides is 1. The summed E-state index contributed by atoms with van der Waals surface area (Å²) in [7, 11) is 0. The number of likely N-dealkylation sites (tertiary alicyclic amines) is 1. The highest BCUT2D eigenvalue weighted by molar-refractivity contribution is 9.10. The van der Waals surface area contributed by atoms with Crippen LogP contribution in [0.1, 0.15) is 11.3 Å². The normalized spacial score (nSPS) is 18.3. The van der Waals surface area contributed by atoms with Gasteiger partial charge in [0, 0.05) is 57.9 Å². The van der Waals surface area contributed by atoms with Crippen LogP contribution in [-0.2, 0) is 17.8 Å². The van der Waals surface area contributed by atoms with Crippen molar-refractivity contribution < 1.29 is 18.0 Å². The van der Waals surface area contributed by atoms with Crippen molar-refractivity contribution in [1.29, 1.82) is 0 Å². The zero-order valence-electron chi connectivity index (χ0n) is 19.4. The number of nitrogens with one attached hydrogen (secondary N) is 1. The van der Waals surface area contributed by atoms with Gasteiger partial charge in [-0.25, -0.2) is 0 Å². The third kappa shape index (κ3) is 4.84. The zero-order valence-corrected chi connectivity index (χ0v) is 21.0. The summed E-state index contributed by atoms with van der Waals surface area (Å²) in [6.45, 7) is 1.52. The SMILES string of the molecule is Cc1[nH]c2ccc(Br)cc2c1CC(=O)N1C[C@@H](Cn2cc(-c3ccc(N)cc3)nn2)[C@H](C(F)(F)F)C1. The fourth-order valence-corrected chi connectivity index (χ4v) is 5.25. The topological polar surface area (TPSA) is 92.8 Å². The number of fused-ring (bicyclic) bond motifs is 1. The molecule has 1 aliphatic heterocycles. The van der Waals surface area contributed by atoms with Crippen LogP contribution in [0.4, 0.5) is 18.9 Å². The molecule has 11 heteroatoms. The van der Waals surface area contributed by atoms with Gasteiger partial charge in [-0.05, 0) is 42.8 Å². The molecule has 0 saturated carbocycles. The Bertz CT molecular complexity index is 1410. The molecule has 3 heterocycles. The van der Waals surface area contributed by atoms with Crippen molar-refractivity contribution in [1.82, 2.24) is 24.9 Å². The van der Waals surface area contributed by atoms with Gasteiger partial charge in [0.25, 0.3) is 0 Å². The highest BCUT2D eigenvalue weighted by atomic mass is 79.9. The first-order valence-corrected chi connectivity index (χ1v) is 12.2. The minimum Gasteiger partial charge on any atom is -0.399 e. The van der Waals surface area contributed by atoms with E-state index >= 15 is 0 Å². The van der Waals surface area contributed by atoms with Crippen LogP contribution in [-0.4, -0.2) is 50.1 Å². The molecule has 0 bridgehead atoms. The maximum atomic E-state index is 13.9. The summed E-state index contributed by atoms with van der Waals surface area (Å²) in [6.07, 6.45) is -2.78. The van der Waals surface area contributed by atoms with Crippen LogP contribution in [0.15, 0.2) is 53.1 Å². The van der Waals surface area contributed by atoms with Crippen LogP contribution in [0.3, 0.4) is 0 Å². The van der Waals surface area contributed by atoms with Gasteiger partial charge in [-0.3, -0.25) is 9.48 Å². The molecule has 0 radical (unpaired) electrons. The Balaban J connectivity index is 1.33. The van der Waals surface area contributed by atoms with Crippen molar-refractivity contribution in [2.75, 3.05) is 18.8 Å². The molecule has 188 valence electrons. The van der Waals surface area contributed by atoms with Gasteiger partial charge < -0.3 is 15.6 Å². The summed E-state index contributed by atoms with van der Waals surface area (Å²) >= 11 is 3.44. The first-order valence-electron chi connectivity index (χ1n) is 11.5. The number of benzene rings is 2. The lowest BCUT2D eigenvalue weighted by molar-refractivity contribution is -0.181. The molecule has 2 atom stereocenters. The number of hydrogen-bond donors (Lipinski definition) is 2. The summed E-state index contributed by atoms with van der Waals surface area (Å²) < 4.78 is 44.1. The Kier molecular flexibility index (Phi) is 6.27. The number of alkyl halides is 3. The monoisotopic (exact) mass is 560 g/mol. The second-order valence-electron chi connectivity index (χ2n) is 9.25. The standard InChI is InChI=1S/C25H24BrF3N6O/c1-14-19(20-8-17(26)4-7-22(20)31-14)9-24(36)34-10-16(21(12-34)25(27,28)29)11-35-13-23(32-33-35)15-2-5-18(30)6-3-15/h2-8,13,16,21,31H,9-12,30H2,1H3/t16-,21+/m0/s1. The highest BCUT2D eigenvalue weighted by Gasteiger charge is 2.50. The number of carbonyl (C=O) groups is 1. The molecule has 0 aliphatic carbocycles. The Morgan fingerprint density at radius 1 is 1.19 bits per heavy atom. The Morgan fingerprint density at radius 2 is 1.94 bits per heavy atom. The van der Waals surface area contributed by atoms with Crippen molar-refractivity contribution >= 4 is 38.4 Å². The third-order valence-corrected chi connectivity index (χ3v) is 7.28. The van der Waals surface area contributed by atoms with E-state index in [2.05, 4.69) is 31.2 Å². The van der Waals surface area contributed by atoms with Gasteiger partial charge in [0.2, 0.25) is 5.91 Å². The van der Waals surface area contributed by atoms with E-state index in [9.17, 15) is 18.0 Å². The molecule has 1 fully saturated rings. The average Bonchev–Trinajstić information content (AvgIpc) is 3.53. The number of aromatic nitrogens is 4. The highest BCUT2D eigenvalue weighted by Crippen LogP contribution is 2.39. The van der Waals surface area contributed by atoms with Crippen LogP contribution < -0.4 is 5.73 Å². The summed E-state index contributed by atoms with van der Waals surface area (Å²) in [6, 6.07) is 12.7. The fraction of sp³-hybridized carbons (Fsp3) is 0.320. The number of hydrogen-bond acceptors (Lipinski definition) is 4. The van der Waals surface area contributed by atoms with Crippen LogP contribution in [0, 0.1) is 18.8 Å². The van der Waals surface area contributed by atoms with Crippen molar-refractivity contribution in [3.8, 4) is 11.3 Å². The van der Waals surface area contributed by atoms with Gasteiger partial charge in [0.15, 0.2) is 0 Å². The average molecular weight is 561 g/mol. The van der Waals surface area contributed by atoms with Crippen molar-refractivity contribution in [3.63, 3.8) is 0 Å². The number of rotatable bonds is 5. The smallest absolute Gasteiger partial charge is 0.393 e. The number of nitrogen functional groups attached to an aromatic ring is 1. The molecule has 1 aliphatic rings. The molecule has 3 N–H and O–H groups in total. The van der Waals surface area contributed by atoms with Gasteiger partial charge >= 0.3 is 6.18 Å². The van der Waals surface area contributed by atoms with Crippen molar-refractivity contribution in [3.05, 3.63) is 64.4 Å². The second-order valence-corrected chi connectivity index (χ2v) is 10.2. The van der Waals surface area contributed by atoms with Gasteiger partial charge in [0.1, 0.15) is 5.69 Å². The lowest BCUT2D eigenvalue weighted by Gasteiger charge is -2.20. The molecule has 36 heavy (non-hydrogen) atoms. The van der Waals surface area contributed by atoms with E-state index in [1.54, 1.807) is 30.5 Å². The van der Waals surface area contributed by atoms with Gasteiger partial charge in [0.05, 0.1) is 18.5 Å². The molecule has 1 amide bonds. The summed E-state index contributed by atoms with van der Waals surface area (Å²) in [4.78, 5) is 17.7. The van der Waals surface area contributed by atoms with E-state index in [0.29, 0.717) is 11.4 Å². The van der Waals surface area contributed by atoms with E-state index in [1.165, 1.54) is 9.58 Å². The molecular formula is C25H24BrF3N6O. The lowest BCUT2D eigenvalue weighted by atomic mass is 9.95. The van der Waals surface area contributed by atoms with E-state index in [0.717, 1.165) is 32.2 Å². The number of carbonyl (C=O) groups excluding carboxylic acids is 1. The number of nitrogens with zero attached hydrogens (tertiary/aromatic N) is 4. The molecular weight excluding hydrogens is 537 g/mol. The molecule has 0 unspecified atom stereocenters. The van der Waals surface area contributed by atoms with Crippen LogP contribution in [0.5, 0.6) is 0 Å². The van der Waals surface area contributed by atoms with E-state index in [1.807, 2.05) is 25.1 Å². The molecule has 0 spiro atoms. The molecule has 7 nitrogen and oxygen atoms in total. The number of nitrogens with two attached hydrogens (primary N) is 1. The predicted molar refractivity (Wildman–Crippen MR) is 134 cm³/mol. The Labute approximate surface area is 213 Å². The Morgan fingerprint density at radius 3 is 2.67 bits per heavy atom. The van der Waals surface area contributed by atoms with Crippen molar-refractivity contribution in [2.45, 2.75) is 26.1 Å². The molecule has 4 aromatic rings. The van der Waals surface area contributed by atoms with Crippen LogP contribution in [0.2, 0.25) is 0 Å². The number of aryl methyl sites for hydroxylation is 1. The van der Waals surface area contributed by atoms with Crippen LogP contribution in [0.25, 0.3) is 22.2 Å². The Hall–Kier alpha value is -3.34. The fourth-order valence-electron chi connectivity index (χ4n) is 4.89. The minimum absolute atomic E-state index is 0.00513. The van der Waals surface area contributed by atoms with Crippen LogP contribution >= 0.6 is 15.9 Å². The van der Waals surface area contributed by atoms with E-state index in [4.69, 9.17) is 5.73 Å². The number of aromatic amines is 1. The molecule has 2 aromatic heterocycles. The quantitative estimate of drug-likeness (QED) is 0.337. The first-order chi connectivity index (χ1) is 17.1. The minimum atomic E-state index is -4.43. The van der Waals surface area contributed by atoms with E-state index < -0.39 is 18.0 Å². The largest absolute Gasteiger partial charge is 0.399 e. The third-order valence-electron chi connectivity index (χ3n) is 6.79.